The van der Waals surface area contributed by atoms with Crippen molar-refractivity contribution in [2.24, 2.45) is 0 Å². The molecule has 0 fully saturated rings. The number of aryl methyl sites for hydroxylation is 1. The number of halogens is 2. The van der Waals surface area contributed by atoms with E-state index < -0.39 is 0 Å². The summed E-state index contributed by atoms with van der Waals surface area (Å²) < 4.78 is 0. The van der Waals surface area contributed by atoms with Crippen LogP contribution in [0.4, 0.5) is 5.69 Å². The lowest BCUT2D eigenvalue weighted by Gasteiger charge is -2.13. The number of aromatic nitrogens is 1. The molecule has 1 unspecified atom stereocenters. The Morgan fingerprint density at radius 1 is 1.24 bits per heavy atom. The number of nitrogens with one attached hydrogen (secondary N) is 1. The Bertz CT molecular complexity index is 505. The van der Waals surface area contributed by atoms with Crippen LogP contribution >= 0.6 is 34.5 Å². The van der Waals surface area contributed by atoms with Crippen LogP contribution in [0.2, 0.25) is 10.0 Å². The highest BCUT2D eigenvalue weighted by atomic mass is 35.5. The lowest BCUT2D eigenvalue weighted by atomic mass is 10.2. The molecule has 0 radical (unpaired) electrons. The molecule has 2 nitrogen and oxygen atoms in total. The van der Waals surface area contributed by atoms with E-state index in [-0.39, 0.29) is 6.04 Å². The van der Waals surface area contributed by atoms with Gasteiger partial charge in [-0.05, 0) is 32.0 Å². The van der Waals surface area contributed by atoms with E-state index in [0.717, 1.165) is 16.4 Å². The van der Waals surface area contributed by atoms with Crippen LogP contribution < -0.4 is 5.32 Å². The average Bonchev–Trinajstić information content (AvgIpc) is 2.63. The first-order valence-electron chi connectivity index (χ1n) is 5.19. The summed E-state index contributed by atoms with van der Waals surface area (Å²) in [6.45, 7) is 4.06. The third kappa shape index (κ3) is 3.35. The molecule has 0 amide bonds. The molecule has 2 aromatic rings. The van der Waals surface area contributed by atoms with Gasteiger partial charge < -0.3 is 5.32 Å². The van der Waals surface area contributed by atoms with Crippen molar-refractivity contribution in [2.45, 2.75) is 19.9 Å². The first-order chi connectivity index (χ1) is 8.04. The summed E-state index contributed by atoms with van der Waals surface area (Å²) in [5.41, 5.74) is 1.93. The number of hydrogen-bond acceptors (Lipinski definition) is 3. The van der Waals surface area contributed by atoms with Crippen molar-refractivity contribution in [3.63, 3.8) is 0 Å². The minimum Gasteiger partial charge on any atom is -0.377 e. The summed E-state index contributed by atoms with van der Waals surface area (Å²) in [7, 11) is 0. The molecule has 5 heteroatoms. The van der Waals surface area contributed by atoms with Crippen LogP contribution in [0.15, 0.2) is 23.6 Å². The van der Waals surface area contributed by atoms with Gasteiger partial charge in [-0.25, -0.2) is 4.98 Å². The van der Waals surface area contributed by atoms with Crippen molar-refractivity contribution in [2.75, 3.05) is 5.32 Å². The number of anilines is 1. The predicted octanol–water partition coefficient (Wildman–Crippen LogP) is 4.93. The predicted molar refractivity (Wildman–Crippen MR) is 75.4 cm³/mol. The van der Waals surface area contributed by atoms with Crippen LogP contribution in [-0.4, -0.2) is 4.98 Å². The Morgan fingerprint density at radius 2 is 1.88 bits per heavy atom. The lowest BCUT2D eigenvalue weighted by molar-refractivity contribution is 0.845. The second kappa shape index (κ2) is 5.25. The molecule has 1 atom stereocenters. The van der Waals surface area contributed by atoms with E-state index in [1.54, 1.807) is 17.4 Å². The van der Waals surface area contributed by atoms with Crippen LogP contribution in [-0.2, 0) is 0 Å². The van der Waals surface area contributed by atoms with Crippen LogP contribution in [0.1, 0.15) is 23.7 Å². The van der Waals surface area contributed by atoms with E-state index in [1.807, 2.05) is 19.1 Å². The van der Waals surface area contributed by atoms with Crippen LogP contribution in [0.3, 0.4) is 0 Å². The van der Waals surface area contributed by atoms with E-state index in [9.17, 15) is 0 Å². The van der Waals surface area contributed by atoms with Gasteiger partial charge in [0.2, 0.25) is 0 Å². The van der Waals surface area contributed by atoms with Gasteiger partial charge in [0, 0.05) is 21.1 Å². The molecule has 0 bridgehead atoms. The zero-order chi connectivity index (χ0) is 12.4. The SMILES string of the molecule is Cc1nc(C(C)Nc2cc(Cl)cc(Cl)c2)cs1. The first-order valence-corrected chi connectivity index (χ1v) is 6.83. The Morgan fingerprint density at radius 3 is 2.41 bits per heavy atom. The molecule has 0 saturated heterocycles. The second-order valence-corrected chi connectivity index (χ2v) is 5.75. The molecule has 90 valence electrons. The summed E-state index contributed by atoms with van der Waals surface area (Å²) >= 11 is 13.5. The van der Waals surface area contributed by atoms with E-state index >= 15 is 0 Å². The number of thiazole rings is 1. The molecule has 0 saturated carbocycles. The number of nitrogens with zero attached hydrogens (tertiary/aromatic N) is 1. The van der Waals surface area contributed by atoms with Crippen LogP contribution in [0.5, 0.6) is 0 Å². The average molecular weight is 287 g/mol. The molecule has 0 aliphatic heterocycles. The van der Waals surface area contributed by atoms with Crippen molar-refractivity contribution < 1.29 is 0 Å². The maximum absolute atomic E-state index is 5.95. The summed E-state index contributed by atoms with van der Waals surface area (Å²) in [5, 5.41) is 7.70. The zero-order valence-corrected chi connectivity index (χ0v) is 11.8. The highest BCUT2D eigenvalue weighted by molar-refractivity contribution is 7.09. The first kappa shape index (κ1) is 12.7. The molecular formula is C12H12Cl2N2S. The smallest absolute Gasteiger partial charge is 0.0898 e. The molecule has 0 aliphatic rings. The number of benzene rings is 1. The maximum Gasteiger partial charge on any atom is 0.0898 e. The van der Waals surface area contributed by atoms with E-state index in [2.05, 4.69) is 22.6 Å². The fourth-order valence-electron chi connectivity index (χ4n) is 1.54. The quantitative estimate of drug-likeness (QED) is 0.865. The van der Waals surface area contributed by atoms with E-state index in [0.29, 0.717) is 10.0 Å². The minimum atomic E-state index is 0.134. The molecule has 17 heavy (non-hydrogen) atoms. The zero-order valence-electron chi connectivity index (χ0n) is 9.50. The van der Waals surface area contributed by atoms with Gasteiger partial charge >= 0.3 is 0 Å². The summed E-state index contributed by atoms with van der Waals surface area (Å²) in [5.74, 6) is 0. The standard InChI is InChI=1S/C12H12Cl2N2S/c1-7(12-6-17-8(2)16-12)15-11-4-9(13)3-10(14)5-11/h3-7,15H,1-2H3. The van der Waals surface area contributed by atoms with Gasteiger partial charge in [0.1, 0.15) is 0 Å². The normalized spacial score (nSPS) is 12.5. The van der Waals surface area contributed by atoms with Crippen molar-refractivity contribution >= 4 is 40.2 Å². The van der Waals surface area contributed by atoms with E-state index in [1.165, 1.54) is 0 Å². The Balaban J connectivity index is 2.15. The molecule has 1 N–H and O–H groups in total. The molecule has 1 aromatic carbocycles. The van der Waals surface area contributed by atoms with Gasteiger partial charge in [0.25, 0.3) is 0 Å². The Kier molecular flexibility index (Phi) is 3.92. The number of rotatable bonds is 3. The third-order valence-electron chi connectivity index (χ3n) is 2.33. The molecule has 1 heterocycles. The largest absolute Gasteiger partial charge is 0.377 e. The third-order valence-corrected chi connectivity index (χ3v) is 3.55. The monoisotopic (exact) mass is 286 g/mol. The minimum absolute atomic E-state index is 0.134. The van der Waals surface area contributed by atoms with Crippen LogP contribution in [0.25, 0.3) is 0 Å². The number of hydrogen-bond donors (Lipinski definition) is 1. The molecule has 0 aliphatic carbocycles. The van der Waals surface area contributed by atoms with Gasteiger partial charge in [-0.15, -0.1) is 11.3 Å². The summed E-state index contributed by atoms with van der Waals surface area (Å²) in [6.07, 6.45) is 0. The summed E-state index contributed by atoms with van der Waals surface area (Å²) in [4.78, 5) is 4.44. The molecule has 0 spiro atoms. The van der Waals surface area contributed by atoms with Crippen molar-refractivity contribution in [3.8, 4) is 0 Å². The maximum atomic E-state index is 5.95. The topological polar surface area (TPSA) is 24.9 Å². The van der Waals surface area contributed by atoms with Gasteiger partial charge in [-0.1, -0.05) is 23.2 Å². The summed E-state index contributed by atoms with van der Waals surface area (Å²) in [6, 6.07) is 5.55. The van der Waals surface area contributed by atoms with Gasteiger partial charge in [0.05, 0.1) is 16.7 Å². The van der Waals surface area contributed by atoms with Crippen molar-refractivity contribution in [3.05, 3.63) is 44.3 Å². The molecule has 1 aromatic heterocycles. The fourth-order valence-corrected chi connectivity index (χ4v) is 2.77. The van der Waals surface area contributed by atoms with Gasteiger partial charge in [0.15, 0.2) is 0 Å². The Hall–Kier alpha value is -0.770. The van der Waals surface area contributed by atoms with E-state index in [4.69, 9.17) is 23.2 Å². The highest BCUT2D eigenvalue weighted by Crippen LogP contribution is 2.26. The molecular weight excluding hydrogens is 275 g/mol. The van der Waals surface area contributed by atoms with Gasteiger partial charge in [-0.3, -0.25) is 0 Å². The Labute approximate surface area is 115 Å². The molecule has 2 rings (SSSR count). The fraction of sp³-hybridized carbons (Fsp3) is 0.250. The van der Waals surface area contributed by atoms with Gasteiger partial charge in [-0.2, -0.15) is 0 Å². The van der Waals surface area contributed by atoms with Crippen molar-refractivity contribution in [1.29, 1.82) is 0 Å². The second-order valence-electron chi connectivity index (χ2n) is 3.82. The van der Waals surface area contributed by atoms with Crippen molar-refractivity contribution in [1.82, 2.24) is 4.98 Å². The highest BCUT2D eigenvalue weighted by Gasteiger charge is 2.09. The van der Waals surface area contributed by atoms with Crippen LogP contribution in [0, 0.1) is 6.92 Å². The lowest BCUT2D eigenvalue weighted by Crippen LogP contribution is -2.06.